The minimum atomic E-state index is 0.708. The average Bonchev–Trinajstić information content (AvgIpc) is 1.69. The Kier molecular flexibility index (Phi) is 4.59. The molecule has 0 radical (unpaired) electrons. The van der Waals surface area contributed by atoms with Gasteiger partial charge in [0.2, 0.25) is 0 Å². The van der Waals surface area contributed by atoms with Gasteiger partial charge in [0.15, 0.2) is 0 Å². The van der Waals surface area contributed by atoms with Crippen LogP contribution >= 0.6 is 0 Å². The smallest absolute Gasteiger partial charge is 0.120 e. The normalized spacial score (nSPS) is 8.71. The van der Waals surface area contributed by atoms with Gasteiger partial charge in [-0.05, 0) is 13.3 Å². The van der Waals surface area contributed by atoms with Gasteiger partial charge in [-0.2, -0.15) is 0 Å². The number of allylic oxidation sites excluding steroid dienone is 3. The molecule has 7 heavy (non-hydrogen) atoms. The van der Waals surface area contributed by atoms with E-state index in [2.05, 4.69) is 0 Å². The Morgan fingerprint density at radius 2 is 2.43 bits per heavy atom. The van der Waals surface area contributed by atoms with Crippen molar-refractivity contribution in [3.8, 4) is 0 Å². The van der Waals surface area contributed by atoms with Gasteiger partial charge in [0.25, 0.3) is 0 Å². The third-order valence-corrected chi connectivity index (χ3v) is 0.573. The van der Waals surface area contributed by atoms with Crippen molar-refractivity contribution in [3.63, 3.8) is 0 Å². The fourth-order valence-corrected chi connectivity index (χ4v) is 0.252. The molecule has 0 rings (SSSR count). The van der Waals surface area contributed by atoms with E-state index in [9.17, 15) is 4.79 Å². The highest BCUT2D eigenvalue weighted by Crippen LogP contribution is 1.78. The number of carbonyl (C=O) groups excluding carboxylic acids is 1. The molecule has 0 spiro atoms. The van der Waals surface area contributed by atoms with Crippen LogP contribution < -0.4 is 0 Å². The summed E-state index contributed by atoms with van der Waals surface area (Å²) in [5.74, 6) is 1.68. The van der Waals surface area contributed by atoms with E-state index in [4.69, 9.17) is 0 Å². The van der Waals surface area contributed by atoms with Crippen LogP contribution in [0.4, 0.5) is 0 Å². The topological polar surface area (TPSA) is 17.1 Å². The lowest BCUT2D eigenvalue weighted by molar-refractivity contribution is 0.568. The molecule has 1 nitrogen and oxygen atoms in total. The SMILES string of the molecule is CC=CCC=C=O. The van der Waals surface area contributed by atoms with Crippen LogP contribution in [0.1, 0.15) is 13.3 Å². The molecule has 1 heteroatoms. The molecule has 0 amide bonds. The predicted molar refractivity (Wildman–Crippen MR) is 29.7 cm³/mol. The first-order chi connectivity index (χ1) is 3.41. The molecule has 0 saturated heterocycles. The van der Waals surface area contributed by atoms with Crippen LogP contribution in [-0.4, -0.2) is 5.94 Å². The first kappa shape index (κ1) is 6.19. The fourth-order valence-electron chi connectivity index (χ4n) is 0.252. The van der Waals surface area contributed by atoms with Gasteiger partial charge in [-0.15, -0.1) is 0 Å². The molecule has 0 heterocycles. The number of hydrogen-bond acceptors (Lipinski definition) is 1. The summed E-state index contributed by atoms with van der Waals surface area (Å²) in [6.07, 6.45) is 5.94. The van der Waals surface area contributed by atoms with E-state index in [0.717, 1.165) is 0 Å². The summed E-state index contributed by atoms with van der Waals surface area (Å²) in [4.78, 5) is 9.47. The Morgan fingerprint density at radius 1 is 1.71 bits per heavy atom. The molecule has 0 aromatic heterocycles. The van der Waals surface area contributed by atoms with Crippen LogP contribution in [0.25, 0.3) is 0 Å². The zero-order chi connectivity index (χ0) is 5.54. The summed E-state index contributed by atoms with van der Waals surface area (Å²) < 4.78 is 0. The zero-order valence-corrected chi connectivity index (χ0v) is 4.35. The number of rotatable bonds is 2. The molecule has 0 aliphatic heterocycles. The summed E-state index contributed by atoms with van der Waals surface area (Å²) in [7, 11) is 0. The van der Waals surface area contributed by atoms with E-state index in [-0.39, 0.29) is 0 Å². The van der Waals surface area contributed by atoms with Crippen molar-refractivity contribution in [1.82, 2.24) is 0 Å². The molecular weight excluding hydrogens is 88.1 g/mol. The van der Waals surface area contributed by atoms with Gasteiger partial charge >= 0.3 is 0 Å². The highest BCUT2D eigenvalue weighted by molar-refractivity contribution is 5.45. The van der Waals surface area contributed by atoms with E-state index in [1.807, 2.05) is 19.1 Å². The Hall–Kier alpha value is -0.810. The molecule has 0 unspecified atom stereocenters. The molecule has 38 valence electrons. The largest absolute Gasteiger partial charge is 0.234 e. The van der Waals surface area contributed by atoms with Gasteiger partial charge < -0.3 is 0 Å². The summed E-state index contributed by atoms with van der Waals surface area (Å²) in [5.41, 5.74) is 0. The average molecular weight is 96.1 g/mol. The highest BCUT2D eigenvalue weighted by Gasteiger charge is 1.62. The Morgan fingerprint density at radius 3 is 2.86 bits per heavy atom. The fraction of sp³-hybridized carbons (Fsp3) is 0.333. The van der Waals surface area contributed by atoms with Crippen LogP contribution in [0.5, 0.6) is 0 Å². The van der Waals surface area contributed by atoms with Crippen molar-refractivity contribution in [2.75, 3.05) is 0 Å². The lowest BCUT2D eigenvalue weighted by Crippen LogP contribution is -1.54. The molecule has 0 fully saturated rings. The Bertz CT molecular complexity index is 96.7. The second-order valence-corrected chi connectivity index (χ2v) is 1.13. The van der Waals surface area contributed by atoms with Crippen molar-refractivity contribution < 1.29 is 4.79 Å². The lowest BCUT2D eigenvalue weighted by atomic mass is 10.4. The maximum absolute atomic E-state index is 9.47. The minimum Gasteiger partial charge on any atom is -0.234 e. The molecule has 0 aromatic rings. The molecule has 0 bridgehead atoms. The first-order valence-corrected chi connectivity index (χ1v) is 2.22. The molecular formula is C6H8O. The monoisotopic (exact) mass is 96.1 g/mol. The Labute approximate surface area is 43.3 Å². The third kappa shape index (κ3) is 5.19. The molecule has 0 aromatic carbocycles. The van der Waals surface area contributed by atoms with Crippen LogP contribution in [0.2, 0.25) is 0 Å². The van der Waals surface area contributed by atoms with Crippen LogP contribution in [0, 0.1) is 0 Å². The molecule has 0 saturated carbocycles. The van der Waals surface area contributed by atoms with Gasteiger partial charge in [0, 0.05) is 6.08 Å². The molecule has 0 N–H and O–H groups in total. The van der Waals surface area contributed by atoms with Gasteiger partial charge in [0.1, 0.15) is 5.94 Å². The lowest BCUT2D eigenvalue weighted by Gasteiger charge is -1.68. The molecule has 0 aliphatic carbocycles. The maximum Gasteiger partial charge on any atom is 0.120 e. The second-order valence-electron chi connectivity index (χ2n) is 1.13. The van der Waals surface area contributed by atoms with Crippen molar-refractivity contribution in [3.05, 3.63) is 18.2 Å². The first-order valence-electron chi connectivity index (χ1n) is 2.22. The van der Waals surface area contributed by atoms with Crippen molar-refractivity contribution in [1.29, 1.82) is 0 Å². The highest BCUT2D eigenvalue weighted by atomic mass is 16.1. The van der Waals surface area contributed by atoms with Crippen LogP contribution in [0.15, 0.2) is 18.2 Å². The van der Waals surface area contributed by atoms with E-state index < -0.39 is 0 Å². The van der Waals surface area contributed by atoms with Crippen LogP contribution in [0.3, 0.4) is 0 Å². The predicted octanol–water partition coefficient (Wildman–Crippen LogP) is 1.34. The quantitative estimate of drug-likeness (QED) is 0.374. The van der Waals surface area contributed by atoms with Gasteiger partial charge in [-0.1, -0.05) is 12.2 Å². The van der Waals surface area contributed by atoms with Crippen LogP contribution in [-0.2, 0) is 4.79 Å². The third-order valence-electron chi connectivity index (χ3n) is 0.573. The minimum absolute atomic E-state index is 0.708. The van der Waals surface area contributed by atoms with E-state index in [0.29, 0.717) is 6.42 Å². The van der Waals surface area contributed by atoms with E-state index in [1.165, 1.54) is 6.08 Å². The van der Waals surface area contributed by atoms with Gasteiger partial charge in [-0.25, -0.2) is 4.79 Å². The van der Waals surface area contributed by atoms with Crippen molar-refractivity contribution >= 4 is 5.94 Å². The molecule has 0 atom stereocenters. The van der Waals surface area contributed by atoms with Crippen molar-refractivity contribution in [2.24, 2.45) is 0 Å². The van der Waals surface area contributed by atoms with Gasteiger partial charge in [-0.3, -0.25) is 0 Å². The second kappa shape index (κ2) is 5.19. The zero-order valence-electron chi connectivity index (χ0n) is 4.35. The summed E-state index contributed by atoms with van der Waals surface area (Å²) in [5, 5.41) is 0. The Balaban J connectivity index is 3.15. The summed E-state index contributed by atoms with van der Waals surface area (Å²) in [6, 6.07) is 0. The molecule has 0 aliphatic rings. The maximum atomic E-state index is 9.47. The van der Waals surface area contributed by atoms with E-state index in [1.54, 1.807) is 5.94 Å². The number of hydrogen-bond donors (Lipinski definition) is 0. The van der Waals surface area contributed by atoms with Gasteiger partial charge in [0.05, 0.1) is 0 Å². The van der Waals surface area contributed by atoms with E-state index >= 15 is 0 Å². The van der Waals surface area contributed by atoms with Crippen molar-refractivity contribution in [2.45, 2.75) is 13.3 Å². The standard InChI is InChI=1S/C6H8O/c1-2-3-4-5-6-7/h2-3,5H,4H2,1H3. The summed E-state index contributed by atoms with van der Waals surface area (Å²) >= 11 is 0. The summed E-state index contributed by atoms with van der Waals surface area (Å²) in [6.45, 7) is 1.92.